The maximum atomic E-state index is 12.7. The summed E-state index contributed by atoms with van der Waals surface area (Å²) in [5.41, 5.74) is 1.14. The third-order valence-corrected chi connectivity index (χ3v) is 5.44. The minimum absolute atomic E-state index is 0.0890. The van der Waals surface area contributed by atoms with Crippen LogP contribution in [-0.4, -0.2) is 60.0 Å². The molecular formula is C19H31N5O. The number of piperidine rings is 1. The van der Waals surface area contributed by atoms with E-state index in [-0.39, 0.29) is 11.9 Å². The van der Waals surface area contributed by atoms with Gasteiger partial charge < -0.3 is 15.1 Å². The lowest BCUT2D eigenvalue weighted by molar-refractivity contribution is -0.133. The number of anilines is 1. The number of unbranched alkanes of at least 4 members (excludes halogenated alkanes) is 1. The molecular weight excluding hydrogens is 314 g/mol. The highest BCUT2D eigenvalue weighted by Crippen LogP contribution is 2.28. The second-order valence-electron chi connectivity index (χ2n) is 7.33. The average molecular weight is 345 g/mol. The quantitative estimate of drug-likeness (QED) is 0.885. The van der Waals surface area contributed by atoms with Crippen molar-refractivity contribution in [2.75, 3.05) is 38.1 Å². The summed E-state index contributed by atoms with van der Waals surface area (Å²) in [7, 11) is 1.91. The van der Waals surface area contributed by atoms with Crippen LogP contribution < -0.4 is 10.2 Å². The molecule has 0 unspecified atom stereocenters. The Balaban J connectivity index is 1.87. The van der Waals surface area contributed by atoms with Gasteiger partial charge in [-0.1, -0.05) is 19.8 Å². The summed E-state index contributed by atoms with van der Waals surface area (Å²) in [6.07, 6.45) is 5.30. The summed E-state index contributed by atoms with van der Waals surface area (Å²) in [5.74, 6) is 2.47. The number of carbonyl (C=O) groups excluding carboxylic acids is 1. The summed E-state index contributed by atoms with van der Waals surface area (Å²) in [6.45, 7) is 7.84. The molecule has 1 N–H and O–H groups in total. The first-order valence-corrected chi connectivity index (χ1v) is 9.68. The van der Waals surface area contributed by atoms with E-state index >= 15 is 0 Å². The maximum Gasteiger partial charge on any atom is 0.245 e. The fourth-order valence-electron chi connectivity index (χ4n) is 3.91. The molecule has 25 heavy (non-hydrogen) atoms. The van der Waals surface area contributed by atoms with E-state index < -0.39 is 0 Å². The van der Waals surface area contributed by atoms with Gasteiger partial charge in [-0.3, -0.25) is 4.79 Å². The van der Waals surface area contributed by atoms with Crippen molar-refractivity contribution in [3.63, 3.8) is 0 Å². The van der Waals surface area contributed by atoms with Gasteiger partial charge in [-0.2, -0.15) is 0 Å². The summed E-state index contributed by atoms with van der Waals surface area (Å²) < 4.78 is 0. The Morgan fingerprint density at radius 1 is 1.24 bits per heavy atom. The number of aromatic nitrogens is 2. The lowest BCUT2D eigenvalue weighted by Crippen LogP contribution is -2.56. The molecule has 0 saturated carbocycles. The smallest absolute Gasteiger partial charge is 0.245 e. The van der Waals surface area contributed by atoms with Crippen LogP contribution in [0.25, 0.3) is 0 Å². The minimum atomic E-state index is -0.0890. The number of amides is 1. The fourth-order valence-corrected chi connectivity index (χ4v) is 3.91. The van der Waals surface area contributed by atoms with Gasteiger partial charge in [0, 0.05) is 37.8 Å². The molecule has 0 radical (unpaired) electrons. The Morgan fingerprint density at radius 2 is 2.00 bits per heavy atom. The van der Waals surface area contributed by atoms with Crippen molar-refractivity contribution < 1.29 is 4.79 Å². The average Bonchev–Trinajstić information content (AvgIpc) is 2.63. The summed E-state index contributed by atoms with van der Waals surface area (Å²) >= 11 is 0. The zero-order chi connectivity index (χ0) is 17.8. The first kappa shape index (κ1) is 18.1. The van der Waals surface area contributed by atoms with E-state index in [0.717, 1.165) is 75.6 Å². The predicted octanol–water partition coefficient (Wildman–Crippen LogP) is 2.09. The number of hydrogen-bond acceptors (Lipinski definition) is 5. The number of nitrogens with zero attached hydrogens (tertiary/aromatic N) is 4. The summed E-state index contributed by atoms with van der Waals surface area (Å²) in [6, 6.07) is 2.05. The van der Waals surface area contributed by atoms with Crippen LogP contribution in [0.15, 0.2) is 6.07 Å². The van der Waals surface area contributed by atoms with Gasteiger partial charge in [0.2, 0.25) is 5.91 Å². The highest BCUT2D eigenvalue weighted by molar-refractivity contribution is 5.86. The molecule has 2 fully saturated rings. The number of hydrogen-bond donors (Lipinski definition) is 1. The van der Waals surface area contributed by atoms with Gasteiger partial charge >= 0.3 is 0 Å². The van der Waals surface area contributed by atoms with Crippen LogP contribution in [0.5, 0.6) is 0 Å². The molecule has 138 valence electrons. The molecule has 0 aliphatic carbocycles. The molecule has 0 bridgehead atoms. The van der Waals surface area contributed by atoms with Crippen LogP contribution >= 0.6 is 0 Å². The van der Waals surface area contributed by atoms with E-state index in [0.29, 0.717) is 5.92 Å². The number of aryl methyl sites for hydroxylation is 1. The monoisotopic (exact) mass is 345 g/mol. The molecule has 1 amide bonds. The highest BCUT2D eigenvalue weighted by atomic mass is 16.2. The van der Waals surface area contributed by atoms with Crippen molar-refractivity contribution in [1.82, 2.24) is 20.2 Å². The topological polar surface area (TPSA) is 61.4 Å². The number of nitrogens with one attached hydrogen (secondary N) is 1. The molecule has 0 aromatic carbocycles. The predicted molar refractivity (Wildman–Crippen MR) is 99.9 cm³/mol. The molecule has 2 saturated heterocycles. The Morgan fingerprint density at radius 3 is 2.72 bits per heavy atom. The standard InChI is InChI=1S/C19H31N5O/c1-4-5-6-17-19(25)23(3)11-12-24(17)18-13-16(21-14(2)22-18)15-7-9-20-10-8-15/h13,15,17,20H,4-12H2,1-3H3/t17-/m1/s1. The molecule has 1 aromatic heterocycles. The molecule has 2 aliphatic rings. The van der Waals surface area contributed by atoms with Crippen molar-refractivity contribution in [1.29, 1.82) is 0 Å². The van der Waals surface area contributed by atoms with E-state index in [9.17, 15) is 4.79 Å². The van der Waals surface area contributed by atoms with E-state index in [1.165, 1.54) is 0 Å². The van der Waals surface area contributed by atoms with Gasteiger partial charge in [0.25, 0.3) is 0 Å². The third-order valence-electron chi connectivity index (χ3n) is 5.44. The zero-order valence-electron chi connectivity index (χ0n) is 15.8. The molecule has 3 heterocycles. The van der Waals surface area contributed by atoms with Crippen LogP contribution in [0, 0.1) is 6.92 Å². The Bertz CT molecular complexity index is 599. The molecule has 0 spiro atoms. The normalized spacial score (nSPS) is 22.5. The zero-order valence-corrected chi connectivity index (χ0v) is 15.8. The molecule has 1 atom stereocenters. The van der Waals surface area contributed by atoms with E-state index in [1.807, 2.05) is 18.9 Å². The van der Waals surface area contributed by atoms with Crippen molar-refractivity contribution in [3.05, 3.63) is 17.6 Å². The number of likely N-dealkylation sites (N-methyl/N-ethyl adjacent to an activating group) is 1. The second kappa shape index (κ2) is 8.13. The van der Waals surface area contributed by atoms with Gasteiger partial charge in [-0.05, 0) is 39.3 Å². The van der Waals surface area contributed by atoms with Gasteiger partial charge in [-0.25, -0.2) is 9.97 Å². The van der Waals surface area contributed by atoms with Crippen LogP contribution in [-0.2, 0) is 4.79 Å². The summed E-state index contributed by atoms with van der Waals surface area (Å²) in [5, 5.41) is 3.41. The largest absolute Gasteiger partial charge is 0.343 e. The van der Waals surface area contributed by atoms with Crippen LogP contribution in [0.3, 0.4) is 0 Å². The highest BCUT2D eigenvalue weighted by Gasteiger charge is 2.34. The van der Waals surface area contributed by atoms with Crippen LogP contribution in [0.1, 0.15) is 56.5 Å². The molecule has 3 rings (SSSR count). The van der Waals surface area contributed by atoms with Gasteiger partial charge in [0.05, 0.1) is 0 Å². The van der Waals surface area contributed by atoms with Crippen LogP contribution in [0.2, 0.25) is 0 Å². The molecule has 2 aliphatic heterocycles. The Hall–Kier alpha value is -1.69. The number of rotatable bonds is 5. The lowest BCUT2D eigenvalue weighted by Gasteiger charge is -2.40. The SMILES string of the molecule is CCCC[C@@H]1C(=O)N(C)CCN1c1cc(C2CCNCC2)nc(C)n1. The second-order valence-corrected chi connectivity index (χ2v) is 7.33. The summed E-state index contributed by atoms with van der Waals surface area (Å²) in [4.78, 5) is 26.2. The first-order chi connectivity index (χ1) is 12.1. The Kier molecular flexibility index (Phi) is 5.89. The Labute approximate surface area is 151 Å². The van der Waals surface area contributed by atoms with Crippen molar-refractivity contribution >= 4 is 11.7 Å². The fraction of sp³-hybridized carbons (Fsp3) is 0.737. The molecule has 6 heteroatoms. The van der Waals surface area contributed by atoms with E-state index in [1.54, 1.807) is 0 Å². The third kappa shape index (κ3) is 4.11. The number of carbonyl (C=O) groups is 1. The van der Waals surface area contributed by atoms with Crippen molar-refractivity contribution in [2.45, 2.75) is 57.9 Å². The van der Waals surface area contributed by atoms with Gasteiger partial charge in [0.1, 0.15) is 17.7 Å². The van der Waals surface area contributed by atoms with Crippen LogP contribution in [0.4, 0.5) is 5.82 Å². The maximum absolute atomic E-state index is 12.7. The van der Waals surface area contributed by atoms with E-state index in [2.05, 4.69) is 23.2 Å². The molecule has 1 aromatic rings. The van der Waals surface area contributed by atoms with E-state index in [4.69, 9.17) is 9.97 Å². The van der Waals surface area contributed by atoms with Gasteiger partial charge in [-0.15, -0.1) is 0 Å². The van der Waals surface area contributed by atoms with Crippen molar-refractivity contribution in [2.24, 2.45) is 0 Å². The lowest BCUT2D eigenvalue weighted by atomic mass is 9.94. The first-order valence-electron chi connectivity index (χ1n) is 9.68. The van der Waals surface area contributed by atoms with Crippen molar-refractivity contribution in [3.8, 4) is 0 Å². The number of piperazine rings is 1. The molecule has 6 nitrogen and oxygen atoms in total. The minimum Gasteiger partial charge on any atom is -0.343 e. The van der Waals surface area contributed by atoms with Gasteiger partial charge in [0.15, 0.2) is 0 Å².